The lowest BCUT2D eigenvalue weighted by atomic mass is 10.0. The number of hydrogen-bond acceptors (Lipinski definition) is 6. The Hall–Kier alpha value is -1.86. The molecule has 0 aromatic heterocycles. The summed E-state index contributed by atoms with van der Waals surface area (Å²) in [6.45, 7) is 4.79. The fourth-order valence-electron chi connectivity index (χ4n) is 4.03. The van der Waals surface area contributed by atoms with Crippen LogP contribution in [-0.4, -0.2) is 34.7 Å². The number of aliphatic carboxylic acids is 1. The minimum atomic E-state index is -1.01. The van der Waals surface area contributed by atoms with E-state index in [1.807, 2.05) is 0 Å². The van der Waals surface area contributed by atoms with Gasteiger partial charge in [-0.25, -0.2) is 4.79 Å². The van der Waals surface area contributed by atoms with Crippen LogP contribution in [0.4, 0.5) is 0 Å². The second-order valence-electron chi connectivity index (χ2n) is 9.97. The standard InChI is InChI=1S/C29H54N2O5/c1-3-4-5-6-7-8-9-10-11-12-13-14-15-19-25(2)20-18-21-26(32)24-28(33)36-31-23-17-16-22-27(30)29(34)35/h20,24,27,31-32H,3-19,21-23,30H2,1-2H3,(H,34,35)/b25-20+,26-24-. The predicted octanol–water partition coefficient (Wildman–Crippen LogP) is 7.27. The van der Waals surface area contributed by atoms with Gasteiger partial charge in [0.05, 0.1) is 11.8 Å². The number of aliphatic hydroxyl groups excluding tert-OH is 1. The van der Waals surface area contributed by atoms with Gasteiger partial charge in [-0.05, 0) is 45.4 Å². The van der Waals surface area contributed by atoms with E-state index in [9.17, 15) is 14.7 Å². The minimum absolute atomic E-state index is 0.000703. The number of unbranched alkanes of at least 4 members (excludes halogenated alkanes) is 13. The van der Waals surface area contributed by atoms with Crippen LogP contribution < -0.4 is 11.2 Å². The van der Waals surface area contributed by atoms with Gasteiger partial charge in [-0.15, -0.1) is 0 Å². The highest BCUT2D eigenvalue weighted by Gasteiger charge is 2.10. The molecule has 0 aliphatic carbocycles. The summed E-state index contributed by atoms with van der Waals surface area (Å²) in [6, 6.07) is -0.862. The molecule has 0 aromatic carbocycles. The van der Waals surface area contributed by atoms with Crippen LogP contribution in [0.1, 0.15) is 136 Å². The van der Waals surface area contributed by atoms with Gasteiger partial charge in [-0.2, -0.15) is 5.48 Å². The smallest absolute Gasteiger partial charge is 0.352 e. The monoisotopic (exact) mass is 510 g/mol. The summed E-state index contributed by atoms with van der Waals surface area (Å²) in [5.74, 6) is -1.67. The molecule has 0 rings (SSSR count). The van der Waals surface area contributed by atoms with E-state index in [0.717, 1.165) is 12.5 Å². The van der Waals surface area contributed by atoms with E-state index in [1.165, 1.54) is 89.0 Å². The second-order valence-corrected chi connectivity index (χ2v) is 9.97. The zero-order chi connectivity index (χ0) is 26.9. The maximum absolute atomic E-state index is 11.7. The molecule has 7 nitrogen and oxygen atoms in total. The van der Waals surface area contributed by atoms with E-state index in [0.29, 0.717) is 38.6 Å². The molecule has 0 fully saturated rings. The number of nitrogens with one attached hydrogen (secondary N) is 1. The van der Waals surface area contributed by atoms with Crippen molar-refractivity contribution in [3.63, 3.8) is 0 Å². The molecular weight excluding hydrogens is 456 g/mol. The molecule has 0 radical (unpaired) electrons. The molecule has 1 unspecified atom stereocenters. The first kappa shape index (κ1) is 34.1. The van der Waals surface area contributed by atoms with Crippen LogP contribution in [0.25, 0.3) is 0 Å². The van der Waals surface area contributed by atoms with Gasteiger partial charge in [-0.3, -0.25) is 4.79 Å². The van der Waals surface area contributed by atoms with E-state index >= 15 is 0 Å². The van der Waals surface area contributed by atoms with E-state index in [2.05, 4.69) is 25.4 Å². The van der Waals surface area contributed by atoms with Gasteiger partial charge in [-0.1, -0.05) is 95.6 Å². The molecule has 36 heavy (non-hydrogen) atoms. The van der Waals surface area contributed by atoms with Gasteiger partial charge in [0.1, 0.15) is 6.04 Å². The fraction of sp³-hybridized carbons (Fsp3) is 0.793. The highest BCUT2D eigenvalue weighted by molar-refractivity contribution is 5.82. The first-order valence-electron chi connectivity index (χ1n) is 14.3. The van der Waals surface area contributed by atoms with Crippen molar-refractivity contribution in [1.82, 2.24) is 5.48 Å². The summed E-state index contributed by atoms with van der Waals surface area (Å²) in [5, 5.41) is 18.6. The van der Waals surface area contributed by atoms with Crippen LogP contribution in [0.3, 0.4) is 0 Å². The quantitative estimate of drug-likeness (QED) is 0.0335. The average molecular weight is 511 g/mol. The Morgan fingerprint density at radius 3 is 1.94 bits per heavy atom. The average Bonchev–Trinajstić information content (AvgIpc) is 2.83. The van der Waals surface area contributed by atoms with Crippen LogP contribution in [-0.2, 0) is 14.4 Å². The normalized spacial score (nSPS) is 13.1. The van der Waals surface area contributed by atoms with Gasteiger partial charge < -0.3 is 20.8 Å². The van der Waals surface area contributed by atoms with E-state index < -0.39 is 18.0 Å². The number of hydroxylamine groups is 1. The number of rotatable bonds is 25. The molecule has 7 heteroatoms. The SMILES string of the molecule is CCCCCCCCCCCCCCC/C(C)=C/CC/C(O)=C/C(=O)ONCCCCC(N)C(=O)O. The van der Waals surface area contributed by atoms with Crippen molar-refractivity contribution in [3.05, 3.63) is 23.5 Å². The lowest BCUT2D eigenvalue weighted by molar-refractivity contribution is -0.145. The second kappa shape index (κ2) is 24.8. The zero-order valence-corrected chi connectivity index (χ0v) is 23.1. The van der Waals surface area contributed by atoms with Crippen molar-refractivity contribution in [2.45, 2.75) is 142 Å². The molecule has 0 bridgehead atoms. The third-order valence-corrected chi connectivity index (χ3v) is 6.39. The van der Waals surface area contributed by atoms with E-state index in [-0.39, 0.29) is 5.76 Å². The van der Waals surface area contributed by atoms with Crippen molar-refractivity contribution >= 4 is 11.9 Å². The Labute approximate surface area is 219 Å². The predicted molar refractivity (Wildman–Crippen MR) is 148 cm³/mol. The highest BCUT2D eigenvalue weighted by Crippen LogP contribution is 2.15. The van der Waals surface area contributed by atoms with Crippen LogP contribution in [0.2, 0.25) is 0 Å². The maximum atomic E-state index is 11.7. The van der Waals surface area contributed by atoms with E-state index in [1.54, 1.807) is 0 Å². The molecule has 0 amide bonds. The summed E-state index contributed by atoms with van der Waals surface area (Å²) in [6.07, 6.45) is 24.7. The number of carboxylic acid groups (broad SMARTS) is 1. The molecule has 210 valence electrons. The molecule has 0 aromatic rings. The van der Waals surface area contributed by atoms with Crippen LogP contribution in [0.15, 0.2) is 23.5 Å². The topological polar surface area (TPSA) is 122 Å². The zero-order valence-electron chi connectivity index (χ0n) is 23.1. The summed E-state index contributed by atoms with van der Waals surface area (Å²) in [4.78, 5) is 27.2. The third-order valence-electron chi connectivity index (χ3n) is 6.39. The molecule has 0 spiro atoms. The Balaban J connectivity index is 3.65. The van der Waals surface area contributed by atoms with Crippen molar-refractivity contribution < 1.29 is 24.6 Å². The first-order valence-corrected chi connectivity index (χ1v) is 14.3. The fourth-order valence-corrected chi connectivity index (χ4v) is 4.03. The minimum Gasteiger partial charge on any atom is -0.512 e. The summed E-state index contributed by atoms with van der Waals surface area (Å²) in [5.41, 5.74) is 9.27. The Morgan fingerprint density at radius 2 is 1.39 bits per heavy atom. The van der Waals surface area contributed by atoms with Gasteiger partial charge in [0, 0.05) is 13.0 Å². The van der Waals surface area contributed by atoms with Crippen LogP contribution >= 0.6 is 0 Å². The molecule has 5 N–H and O–H groups in total. The third kappa shape index (κ3) is 23.9. The van der Waals surface area contributed by atoms with Gasteiger partial charge >= 0.3 is 11.9 Å². The molecule has 0 aliphatic rings. The lowest BCUT2D eigenvalue weighted by Crippen LogP contribution is -2.30. The molecule has 0 saturated carbocycles. The molecule has 0 saturated heterocycles. The van der Waals surface area contributed by atoms with E-state index in [4.69, 9.17) is 15.7 Å². The molecular formula is C29H54N2O5. The number of nitrogens with two attached hydrogens (primary N) is 1. The summed E-state index contributed by atoms with van der Waals surface area (Å²) < 4.78 is 0. The van der Waals surface area contributed by atoms with Crippen LogP contribution in [0, 0.1) is 0 Å². The summed E-state index contributed by atoms with van der Waals surface area (Å²) in [7, 11) is 0. The van der Waals surface area contributed by atoms with Gasteiger partial charge in [0.2, 0.25) is 0 Å². The Bertz CT molecular complexity index is 619. The van der Waals surface area contributed by atoms with Crippen LogP contribution in [0.5, 0.6) is 0 Å². The van der Waals surface area contributed by atoms with Gasteiger partial charge in [0.15, 0.2) is 0 Å². The largest absolute Gasteiger partial charge is 0.512 e. The molecule has 0 aliphatic heterocycles. The van der Waals surface area contributed by atoms with Crippen molar-refractivity contribution in [3.8, 4) is 0 Å². The number of hydrogen-bond donors (Lipinski definition) is 4. The lowest BCUT2D eigenvalue weighted by Gasteiger charge is -2.06. The molecule has 1 atom stereocenters. The number of carboxylic acids is 1. The van der Waals surface area contributed by atoms with Crippen molar-refractivity contribution in [2.24, 2.45) is 5.73 Å². The Kier molecular flexibility index (Phi) is 23.5. The van der Waals surface area contributed by atoms with Gasteiger partial charge in [0.25, 0.3) is 0 Å². The number of aliphatic hydroxyl groups is 1. The maximum Gasteiger partial charge on any atom is 0.352 e. The number of carbonyl (C=O) groups is 2. The van der Waals surface area contributed by atoms with Crippen molar-refractivity contribution in [2.75, 3.05) is 6.54 Å². The van der Waals surface area contributed by atoms with Crippen molar-refractivity contribution in [1.29, 1.82) is 0 Å². The molecule has 0 heterocycles. The number of allylic oxidation sites excluding steroid dienone is 3. The highest BCUT2D eigenvalue weighted by atomic mass is 16.7. The Morgan fingerprint density at radius 1 is 0.833 bits per heavy atom. The first-order chi connectivity index (χ1) is 17.4. The summed E-state index contributed by atoms with van der Waals surface area (Å²) >= 11 is 0. The number of carbonyl (C=O) groups excluding carboxylic acids is 1.